The zero-order valence-electron chi connectivity index (χ0n) is 13.3. The fraction of sp³-hybridized carbons (Fsp3) is 0.353. The molecule has 2 heterocycles. The van der Waals surface area contributed by atoms with Gasteiger partial charge in [0.15, 0.2) is 0 Å². The Morgan fingerprint density at radius 3 is 2.72 bits per heavy atom. The van der Waals surface area contributed by atoms with Gasteiger partial charge in [-0.05, 0) is 11.6 Å². The molecule has 25 heavy (non-hydrogen) atoms. The fourth-order valence-corrected chi connectivity index (χ4v) is 3.49. The Bertz CT molecular complexity index is 786. The van der Waals surface area contributed by atoms with E-state index in [4.69, 9.17) is 4.74 Å². The number of hydrogen-bond acceptors (Lipinski definition) is 5. The number of rotatable bonds is 5. The molecule has 1 aromatic carbocycles. The van der Waals surface area contributed by atoms with Gasteiger partial charge in [0, 0.05) is 37.9 Å². The van der Waals surface area contributed by atoms with E-state index in [-0.39, 0.29) is 44.0 Å². The summed E-state index contributed by atoms with van der Waals surface area (Å²) in [5, 5.41) is 14.2. The van der Waals surface area contributed by atoms with Crippen LogP contribution < -0.4 is 5.32 Å². The van der Waals surface area contributed by atoms with Crippen molar-refractivity contribution < 1.29 is 23.8 Å². The van der Waals surface area contributed by atoms with Crippen molar-refractivity contribution in [3.63, 3.8) is 0 Å². The number of nitrogens with one attached hydrogen (secondary N) is 1. The highest BCUT2D eigenvalue weighted by Crippen LogP contribution is 2.23. The lowest BCUT2D eigenvalue weighted by Crippen LogP contribution is -2.57. The number of ether oxygens (including phenoxy) is 1. The average Bonchev–Trinajstić information content (AvgIpc) is 3.06. The van der Waals surface area contributed by atoms with Gasteiger partial charge in [-0.15, -0.1) is 11.3 Å². The lowest BCUT2D eigenvalue weighted by Gasteiger charge is -2.33. The molecule has 0 atom stereocenters. The number of aliphatic carboxylic acids is 1. The van der Waals surface area contributed by atoms with E-state index in [1.165, 1.54) is 17.4 Å². The van der Waals surface area contributed by atoms with Gasteiger partial charge >= 0.3 is 5.97 Å². The molecule has 132 valence electrons. The summed E-state index contributed by atoms with van der Waals surface area (Å²) in [6, 6.07) is 6.39. The number of carbonyl (C=O) groups is 2. The van der Waals surface area contributed by atoms with Gasteiger partial charge < -0.3 is 15.2 Å². The molecule has 2 N–H and O–H groups in total. The second kappa shape index (κ2) is 7.28. The molecular weight excluding hydrogens is 347 g/mol. The van der Waals surface area contributed by atoms with Crippen LogP contribution in [0, 0.1) is 5.82 Å². The Morgan fingerprint density at radius 2 is 2.04 bits per heavy atom. The van der Waals surface area contributed by atoms with E-state index in [0.29, 0.717) is 10.6 Å². The Hall–Kier alpha value is -2.32. The number of halogens is 1. The number of hydrogen-bond donors (Lipinski definition) is 2. The van der Waals surface area contributed by atoms with Crippen molar-refractivity contribution in [1.82, 2.24) is 10.3 Å². The highest BCUT2D eigenvalue weighted by molar-refractivity contribution is 7.09. The fourth-order valence-electron chi connectivity index (χ4n) is 2.69. The van der Waals surface area contributed by atoms with E-state index in [1.807, 2.05) is 0 Å². The van der Waals surface area contributed by atoms with Crippen molar-refractivity contribution in [2.75, 3.05) is 13.2 Å². The van der Waals surface area contributed by atoms with Crippen molar-refractivity contribution in [2.45, 2.75) is 24.8 Å². The van der Waals surface area contributed by atoms with Crippen LogP contribution in [-0.2, 0) is 16.0 Å². The maximum absolute atomic E-state index is 13.7. The van der Waals surface area contributed by atoms with Crippen molar-refractivity contribution in [1.29, 1.82) is 0 Å². The molecule has 0 radical (unpaired) electrons. The first kappa shape index (κ1) is 17.5. The van der Waals surface area contributed by atoms with Gasteiger partial charge in [0.05, 0.1) is 5.01 Å². The van der Waals surface area contributed by atoms with Crippen LogP contribution in [-0.4, -0.2) is 40.7 Å². The van der Waals surface area contributed by atoms with E-state index < -0.39 is 17.4 Å². The van der Waals surface area contributed by atoms with Crippen LogP contribution in [0.25, 0.3) is 0 Å². The third-order valence-electron chi connectivity index (χ3n) is 4.19. The number of amides is 1. The summed E-state index contributed by atoms with van der Waals surface area (Å²) in [5.41, 5.74) is -0.691. The smallest absolute Gasteiger partial charge is 0.329 e. The molecule has 3 rings (SSSR count). The van der Waals surface area contributed by atoms with Crippen molar-refractivity contribution in [2.24, 2.45) is 0 Å². The Morgan fingerprint density at radius 1 is 1.32 bits per heavy atom. The quantitative estimate of drug-likeness (QED) is 0.849. The van der Waals surface area contributed by atoms with E-state index in [0.717, 1.165) is 0 Å². The maximum atomic E-state index is 13.7. The predicted octanol–water partition coefficient (Wildman–Crippen LogP) is 2.24. The highest BCUT2D eigenvalue weighted by atomic mass is 32.1. The molecule has 2 aromatic rings. The van der Waals surface area contributed by atoms with Gasteiger partial charge in [-0.1, -0.05) is 18.2 Å². The molecule has 0 saturated carbocycles. The SMILES string of the molecule is O=C(NC1(C(=O)O)CCOCC1)c1csc(Cc2ccccc2F)n1. The number of thiazole rings is 1. The predicted molar refractivity (Wildman–Crippen MR) is 89.2 cm³/mol. The van der Waals surface area contributed by atoms with E-state index in [2.05, 4.69) is 10.3 Å². The first-order valence-corrected chi connectivity index (χ1v) is 8.70. The molecule has 0 unspecified atom stereocenters. The third kappa shape index (κ3) is 3.85. The molecule has 1 saturated heterocycles. The Kier molecular flexibility index (Phi) is 5.10. The summed E-state index contributed by atoms with van der Waals surface area (Å²) >= 11 is 1.24. The summed E-state index contributed by atoms with van der Waals surface area (Å²) in [4.78, 5) is 28.2. The molecule has 6 nitrogen and oxygen atoms in total. The maximum Gasteiger partial charge on any atom is 0.329 e. The number of carboxylic acid groups (broad SMARTS) is 1. The van der Waals surface area contributed by atoms with Gasteiger partial charge in [0.1, 0.15) is 17.1 Å². The molecule has 1 aliphatic rings. The second-order valence-corrected chi connectivity index (χ2v) is 6.79. The minimum Gasteiger partial charge on any atom is -0.480 e. The van der Waals surface area contributed by atoms with Crippen molar-refractivity contribution >= 4 is 23.2 Å². The zero-order chi connectivity index (χ0) is 17.9. The Balaban J connectivity index is 1.72. The minimum atomic E-state index is -1.33. The molecule has 1 fully saturated rings. The molecule has 1 aromatic heterocycles. The highest BCUT2D eigenvalue weighted by Gasteiger charge is 2.42. The third-order valence-corrected chi connectivity index (χ3v) is 5.04. The number of aromatic nitrogens is 1. The summed E-state index contributed by atoms with van der Waals surface area (Å²) in [7, 11) is 0. The van der Waals surface area contributed by atoms with E-state index in [9.17, 15) is 19.1 Å². The van der Waals surface area contributed by atoms with Gasteiger partial charge in [-0.3, -0.25) is 4.79 Å². The zero-order valence-corrected chi connectivity index (χ0v) is 14.1. The van der Waals surface area contributed by atoms with E-state index in [1.54, 1.807) is 23.6 Å². The first-order chi connectivity index (χ1) is 12.0. The standard InChI is InChI=1S/C17H17FN2O4S/c18-12-4-2-1-3-11(12)9-14-19-13(10-25-14)15(21)20-17(16(22)23)5-7-24-8-6-17/h1-4,10H,5-9H2,(H,20,21)(H,22,23). The molecule has 8 heteroatoms. The Labute approximate surface area is 147 Å². The van der Waals surface area contributed by atoms with Gasteiger partial charge in [-0.2, -0.15) is 0 Å². The molecule has 0 bridgehead atoms. The van der Waals surface area contributed by atoms with E-state index >= 15 is 0 Å². The van der Waals surface area contributed by atoms with Crippen LogP contribution in [0.1, 0.15) is 33.9 Å². The average molecular weight is 364 g/mol. The van der Waals surface area contributed by atoms with Crippen LogP contribution in [0.4, 0.5) is 4.39 Å². The van der Waals surface area contributed by atoms with Gasteiger partial charge in [0.2, 0.25) is 0 Å². The first-order valence-electron chi connectivity index (χ1n) is 7.82. The molecule has 1 amide bonds. The normalized spacial score (nSPS) is 16.4. The van der Waals surface area contributed by atoms with Crippen molar-refractivity contribution in [3.8, 4) is 0 Å². The van der Waals surface area contributed by atoms with Crippen LogP contribution >= 0.6 is 11.3 Å². The topological polar surface area (TPSA) is 88.5 Å². The van der Waals surface area contributed by atoms with Crippen molar-refractivity contribution in [3.05, 3.63) is 51.7 Å². The van der Waals surface area contributed by atoms with Crippen LogP contribution in [0.5, 0.6) is 0 Å². The minimum absolute atomic E-state index is 0.142. The second-order valence-electron chi connectivity index (χ2n) is 5.85. The van der Waals surface area contributed by atoms with Crippen LogP contribution in [0.2, 0.25) is 0 Å². The van der Waals surface area contributed by atoms with Crippen LogP contribution in [0.3, 0.4) is 0 Å². The summed E-state index contributed by atoms with van der Waals surface area (Å²) < 4.78 is 18.9. The summed E-state index contributed by atoms with van der Waals surface area (Å²) in [6.45, 7) is 0.560. The lowest BCUT2D eigenvalue weighted by molar-refractivity contribution is -0.148. The molecular formula is C17H17FN2O4S. The summed E-state index contributed by atoms with van der Waals surface area (Å²) in [6.07, 6.45) is 0.698. The number of nitrogens with zero attached hydrogens (tertiary/aromatic N) is 1. The summed E-state index contributed by atoms with van der Waals surface area (Å²) in [5.74, 6) is -1.94. The number of carbonyl (C=O) groups excluding carboxylic acids is 1. The van der Waals surface area contributed by atoms with Gasteiger partial charge in [-0.25, -0.2) is 14.2 Å². The molecule has 1 aliphatic heterocycles. The van der Waals surface area contributed by atoms with Crippen LogP contribution in [0.15, 0.2) is 29.6 Å². The number of benzene rings is 1. The largest absolute Gasteiger partial charge is 0.480 e. The lowest BCUT2D eigenvalue weighted by atomic mass is 9.90. The van der Waals surface area contributed by atoms with Gasteiger partial charge in [0.25, 0.3) is 5.91 Å². The monoisotopic (exact) mass is 364 g/mol. The molecule has 0 aliphatic carbocycles. The molecule has 0 spiro atoms. The number of carboxylic acids is 1.